The molecule has 0 aliphatic carbocycles. The molecule has 2 aromatic heterocycles. The van der Waals surface area contributed by atoms with Gasteiger partial charge in [-0.3, -0.25) is 4.98 Å². The van der Waals surface area contributed by atoms with Crippen molar-refractivity contribution in [2.45, 2.75) is 40.0 Å². The Labute approximate surface area is 144 Å². The topological polar surface area (TPSA) is 37.5 Å². The first-order valence-corrected chi connectivity index (χ1v) is 6.25. The fourth-order valence-corrected chi connectivity index (χ4v) is 2.47. The molecule has 0 saturated carbocycles. The van der Waals surface area contributed by atoms with Gasteiger partial charge in [0, 0.05) is 62.6 Å². The van der Waals surface area contributed by atoms with Crippen LogP contribution in [-0.4, -0.2) is 21.1 Å². The average molecular weight is 459 g/mol. The SMILES string of the molecule is CCc1c(CCCO)cc2c(C)nc(C)cn12.[Ac]. The summed E-state index contributed by atoms with van der Waals surface area (Å²) in [4.78, 5) is 4.50. The number of aliphatic hydroxyl groups is 1. The molecule has 18 heavy (non-hydrogen) atoms. The Kier molecular flexibility index (Phi) is 6.31. The van der Waals surface area contributed by atoms with Gasteiger partial charge in [0.2, 0.25) is 0 Å². The van der Waals surface area contributed by atoms with E-state index in [9.17, 15) is 0 Å². The van der Waals surface area contributed by atoms with Gasteiger partial charge in [0.15, 0.2) is 0 Å². The zero-order chi connectivity index (χ0) is 12.4. The van der Waals surface area contributed by atoms with Crippen molar-refractivity contribution in [1.29, 1.82) is 0 Å². The van der Waals surface area contributed by atoms with Gasteiger partial charge in [-0.2, -0.15) is 0 Å². The van der Waals surface area contributed by atoms with Crippen LogP contribution in [0.5, 0.6) is 0 Å². The monoisotopic (exact) mass is 459 g/mol. The van der Waals surface area contributed by atoms with Crippen LogP contribution in [0.2, 0.25) is 0 Å². The molecule has 1 N–H and O–H groups in total. The van der Waals surface area contributed by atoms with Crippen LogP contribution < -0.4 is 0 Å². The molecule has 95 valence electrons. The third-order valence-corrected chi connectivity index (χ3v) is 3.20. The molecule has 0 atom stereocenters. The molecule has 3 nitrogen and oxygen atoms in total. The predicted molar refractivity (Wildman–Crippen MR) is 69.5 cm³/mol. The van der Waals surface area contributed by atoms with Crippen molar-refractivity contribution in [2.24, 2.45) is 0 Å². The second kappa shape index (κ2) is 7.03. The van der Waals surface area contributed by atoms with Crippen molar-refractivity contribution in [2.75, 3.05) is 6.61 Å². The Morgan fingerprint density at radius 1 is 1.33 bits per heavy atom. The van der Waals surface area contributed by atoms with Crippen molar-refractivity contribution in [3.63, 3.8) is 0 Å². The molecule has 0 amide bonds. The van der Waals surface area contributed by atoms with Crippen molar-refractivity contribution < 1.29 is 49.2 Å². The Bertz CT molecular complexity index is 534. The Hall–Kier alpha value is 0.0916. The first-order chi connectivity index (χ1) is 8.17. The third kappa shape index (κ3) is 3.15. The number of nitrogens with zero attached hydrogens (tertiary/aromatic N) is 2. The first kappa shape index (κ1) is 16.1. The quantitative estimate of drug-likeness (QED) is 0.763. The molecule has 4 heteroatoms. The molecule has 0 unspecified atom stereocenters. The van der Waals surface area contributed by atoms with Crippen LogP contribution >= 0.6 is 0 Å². The maximum Gasteiger partial charge on any atom is 0.0669 e. The summed E-state index contributed by atoms with van der Waals surface area (Å²) >= 11 is 0. The maximum atomic E-state index is 8.95. The fourth-order valence-electron chi connectivity index (χ4n) is 2.47. The van der Waals surface area contributed by atoms with Crippen molar-refractivity contribution in [1.82, 2.24) is 9.38 Å². The predicted octanol–water partition coefficient (Wildman–Crippen LogP) is 2.44. The summed E-state index contributed by atoms with van der Waals surface area (Å²) in [6.07, 6.45) is 4.89. The molecule has 2 aromatic rings. The number of fused-ring (bicyclic) bond motifs is 1. The number of rotatable bonds is 4. The number of aromatic nitrogens is 2. The number of hydrogen-bond donors (Lipinski definition) is 1. The van der Waals surface area contributed by atoms with Gasteiger partial charge in [0.25, 0.3) is 0 Å². The molecule has 2 rings (SSSR count). The van der Waals surface area contributed by atoms with Crippen LogP contribution in [0.25, 0.3) is 5.52 Å². The zero-order valence-electron chi connectivity index (χ0n) is 11.4. The van der Waals surface area contributed by atoms with Crippen molar-refractivity contribution in [3.8, 4) is 0 Å². The summed E-state index contributed by atoms with van der Waals surface area (Å²) in [7, 11) is 0. The van der Waals surface area contributed by atoms with Crippen LogP contribution in [0.3, 0.4) is 0 Å². The van der Waals surface area contributed by atoms with E-state index in [1.165, 1.54) is 16.8 Å². The van der Waals surface area contributed by atoms with E-state index in [0.717, 1.165) is 30.7 Å². The average Bonchev–Trinajstić information content (AvgIpc) is 2.64. The van der Waals surface area contributed by atoms with Crippen LogP contribution in [-0.2, 0) is 12.8 Å². The summed E-state index contributed by atoms with van der Waals surface area (Å²) in [5.41, 5.74) is 6.02. The van der Waals surface area contributed by atoms with Gasteiger partial charge in [-0.1, -0.05) is 6.92 Å². The number of hydrogen-bond acceptors (Lipinski definition) is 2. The molecular weight excluding hydrogens is 439 g/mol. The van der Waals surface area contributed by atoms with Gasteiger partial charge < -0.3 is 9.51 Å². The molecule has 0 bridgehead atoms. The van der Waals surface area contributed by atoms with Gasteiger partial charge >= 0.3 is 0 Å². The summed E-state index contributed by atoms with van der Waals surface area (Å²) in [5.74, 6) is 0. The third-order valence-electron chi connectivity index (χ3n) is 3.20. The van der Waals surface area contributed by atoms with E-state index in [2.05, 4.69) is 35.5 Å². The van der Waals surface area contributed by atoms with Gasteiger partial charge in [-0.15, -0.1) is 0 Å². The van der Waals surface area contributed by atoms with E-state index in [0.29, 0.717) is 0 Å². The standard InChI is InChI=1S/C14H20N2O.Ac/c1-4-13-12(6-5-7-17)8-14-11(3)15-10(2)9-16(13)14;/h8-9,17H,4-7H2,1-3H3;. The first-order valence-electron chi connectivity index (χ1n) is 6.25. The molecule has 1 radical (unpaired) electrons. The van der Waals surface area contributed by atoms with E-state index in [1.54, 1.807) is 0 Å². The van der Waals surface area contributed by atoms with E-state index in [-0.39, 0.29) is 50.7 Å². The molecule has 0 spiro atoms. The minimum absolute atomic E-state index is 0. The smallest absolute Gasteiger partial charge is 0.0669 e. The summed E-state index contributed by atoms with van der Waals surface area (Å²) in [5, 5.41) is 8.95. The van der Waals surface area contributed by atoms with Crippen molar-refractivity contribution in [3.05, 3.63) is 34.9 Å². The second-order valence-electron chi connectivity index (χ2n) is 4.52. The van der Waals surface area contributed by atoms with Gasteiger partial charge in [0.05, 0.1) is 16.9 Å². The van der Waals surface area contributed by atoms with E-state index in [1.807, 2.05) is 6.92 Å². The van der Waals surface area contributed by atoms with Crippen LogP contribution in [0, 0.1) is 57.9 Å². The van der Waals surface area contributed by atoms with Crippen LogP contribution in [0.15, 0.2) is 12.3 Å². The summed E-state index contributed by atoms with van der Waals surface area (Å²) in [6, 6.07) is 2.22. The van der Waals surface area contributed by atoms with Gasteiger partial charge in [-0.05, 0) is 44.7 Å². The van der Waals surface area contributed by atoms with E-state index in [4.69, 9.17) is 5.11 Å². The van der Waals surface area contributed by atoms with Gasteiger partial charge in [0.1, 0.15) is 0 Å². The Morgan fingerprint density at radius 2 is 2.06 bits per heavy atom. The van der Waals surface area contributed by atoms with Crippen molar-refractivity contribution >= 4 is 5.52 Å². The molecule has 2 heterocycles. The van der Waals surface area contributed by atoms with E-state index >= 15 is 0 Å². The summed E-state index contributed by atoms with van der Waals surface area (Å²) < 4.78 is 2.25. The molecule has 0 fully saturated rings. The summed E-state index contributed by atoms with van der Waals surface area (Å²) in [6.45, 7) is 6.51. The molecular formula is C14H20AcN2O. The molecule has 0 aromatic carbocycles. The molecule has 0 aliphatic rings. The normalized spacial score (nSPS) is 10.7. The minimum Gasteiger partial charge on any atom is -0.396 e. The molecule has 0 saturated heterocycles. The Balaban J connectivity index is 0.00000162. The number of aryl methyl sites for hydroxylation is 4. The van der Waals surface area contributed by atoms with Crippen LogP contribution in [0.1, 0.15) is 36.0 Å². The fraction of sp³-hybridized carbons (Fsp3) is 0.500. The van der Waals surface area contributed by atoms with Gasteiger partial charge in [-0.25, -0.2) is 0 Å². The minimum atomic E-state index is 0. The second-order valence-corrected chi connectivity index (χ2v) is 4.52. The maximum absolute atomic E-state index is 8.95. The van der Waals surface area contributed by atoms with Crippen LogP contribution in [0.4, 0.5) is 0 Å². The van der Waals surface area contributed by atoms with E-state index < -0.39 is 0 Å². The zero-order valence-corrected chi connectivity index (χ0v) is 16.1. The largest absolute Gasteiger partial charge is 0.396 e. The molecule has 0 aliphatic heterocycles. The number of aliphatic hydroxyl groups excluding tert-OH is 1. The Morgan fingerprint density at radius 3 is 2.67 bits per heavy atom.